The van der Waals surface area contributed by atoms with Crippen molar-refractivity contribution in [3.63, 3.8) is 0 Å². The summed E-state index contributed by atoms with van der Waals surface area (Å²) in [6.45, 7) is 6.13. The van der Waals surface area contributed by atoms with Gasteiger partial charge in [-0.15, -0.1) is 6.58 Å². The highest BCUT2D eigenvalue weighted by Crippen LogP contribution is 2.60. The second kappa shape index (κ2) is 8.79. The minimum atomic E-state index is -3.83. The van der Waals surface area contributed by atoms with Crippen molar-refractivity contribution in [3.8, 4) is 0 Å². The number of benzene rings is 1. The third-order valence-corrected chi connectivity index (χ3v) is 8.09. The second-order valence-electron chi connectivity index (χ2n) is 6.52. The Labute approximate surface area is 149 Å². The molecule has 1 aromatic carbocycles. The first-order valence-corrected chi connectivity index (χ1v) is 10.6. The van der Waals surface area contributed by atoms with Crippen LogP contribution in [-0.4, -0.2) is 40.0 Å². The first kappa shape index (κ1) is 19.9. The van der Waals surface area contributed by atoms with Gasteiger partial charge in [0.1, 0.15) is 0 Å². The molecule has 1 saturated heterocycles. The van der Waals surface area contributed by atoms with Crippen molar-refractivity contribution >= 4 is 13.3 Å². The lowest BCUT2D eigenvalue weighted by Gasteiger charge is -2.35. The summed E-state index contributed by atoms with van der Waals surface area (Å²) >= 11 is 0. The van der Waals surface area contributed by atoms with E-state index < -0.39 is 30.6 Å². The molecule has 5 nitrogen and oxygen atoms in total. The minimum Gasteiger partial charge on any atom is -0.481 e. The molecule has 1 aliphatic rings. The van der Waals surface area contributed by atoms with Gasteiger partial charge in [0.05, 0.1) is 23.3 Å². The largest absolute Gasteiger partial charge is 0.481 e. The molecule has 1 aromatic rings. The predicted octanol–water partition coefficient (Wildman–Crippen LogP) is 4.03. The molecule has 0 aromatic heterocycles. The second-order valence-corrected chi connectivity index (χ2v) is 9.19. The number of allylic oxidation sites excluding steroid dienone is 1. The minimum absolute atomic E-state index is 0.170. The van der Waals surface area contributed by atoms with Gasteiger partial charge in [0.15, 0.2) is 0 Å². The highest BCUT2D eigenvalue weighted by Gasteiger charge is 2.48. The van der Waals surface area contributed by atoms with Gasteiger partial charge in [0.25, 0.3) is 0 Å². The summed E-state index contributed by atoms with van der Waals surface area (Å²) in [7, 11) is -3.83. The zero-order valence-electron chi connectivity index (χ0n) is 14.6. The quantitative estimate of drug-likeness (QED) is 0.509. The van der Waals surface area contributed by atoms with Gasteiger partial charge in [0.2, 0.25) is 7.37 Å². The molecule has 0 aliphatic carbocycles. The molecule has 0 amide bonds. The number of ether oxygens (including phenoxy) is 1. The maximum atomic E-state index is 13.5. The zero-order valence-corrected chi connectivity index (χ0v) is 15.5. The molecule has 2 rings (SSSR count). The van der Waals surface area contributed by atoms with Crippen LogP contribution in [0.5, 0.6) is 0 Å². The normalized spacial score (nSPS) is 23.4. The Bertz CT molecular complexity index is 624. The van der Waals surface area contributed by atoms with Gasteiger partial charge in [-0.3, -0.25) is 9.36 Å². The fourth-order valence-electron chi connectivity index (χ4n) is 3.78. The summed E-state index contributed by atoms with van der Waals surface area (Å²) in [5.41, 5.74) is -0.928. The molecule has 0 spiro atoms. The summed E-state index contributed by atoms with van der Waals surface area (Å²) in [6.07, 6.45) is 3.52. The molecule has 2 N–H and O–H groups in total. The number of carboxylic acid groups (broad SMARTS) is 1. The fourth-order valence-corrected chi connectivity index (χ4v) is 6.68. The fraction of sp³-hybridized carbons (Fsp3) is 0.526. The van der Waals surface area contributed by atoms with E-state index in [-0.39, 0.29) is 12.5 Å². The summed E-state index contributed by atoms with van der Waals surface area (Å²) in [4.78, 5) is 23.1. The van der Waals surface area contributed by atoms with E-state index >= 15 is 0 Å². The SMILES string of the molecule is C=CCC(C(C(=O)O)c1ccccc1)P(=O)(O)C(CC)C1CCCO1. The monoisotopic (exact) mass is 366 g/mol. The highest BCUT2D eigenvalue weighted by atomic mass is 31.2. The smallest absolute Gasteiger partial charge is 0.311 e. The van der Waals surface area contributed by atoms with Crippen LogP contribution in [0.2, 0.25) is 0 Å². The topological polar surface area (TPSA) is 83.8 Å². The van der Waals surface area contributed by atoms with Crippen molar-refractivity contribution in [2.24, 2.45) is 0 Å². The van der Waals surface area contributed by atoms with Crippen LogP contribution in [0.1, 0.15) is 44.1 Å². The summed E-state index contributed by atoms with van der Waals surface area (Å²) < 4.78 is 19.2. The van der Waals surface area contributed by atoms with Crippen LogP contribution in [0.25, 0.3) is 0 Å². The van der Waals surface area contributed by atoms with Crippen LogP contribution >= 0.6 is 7.37 Å². The lowest BCUT2D eigenvalue weighted by molar-refractivity contribution is -0.138. The molecule has 25 heavy (non-hydrogen) atoms. The maximum absolute atomic E-state index is 13.5. The third kappa shape index (κ3) is 4.41. The lowest BCUT2D eigenvalue weighted by atomic mass is 9.94. The Kier molecular flexibility index (Phi) is 7.00. The van der Waals surface area contributed by atoms with Crippen LogP contribution in [-0.2, 0) is 14.1 Å². The van der Waals surface area contributed by atoms with Gasteiger partial charge < -0.3 is 14.7 Å². The van der Waals surface area contributed by atoms with Crippen molar-refractivity contribution in [2.75, 3.05) is 6.61 Å². The molecule has 0 radical (unpaired) electrons. The maximum Gasteiger partial charge on any atom is 0.311 e. The van der Waals surface area contributed by atoms with Gasteiger partial charge in [0, 0.05) is 6.61 Å². The molecule has 1 heterocycles. The third-order valence-electron chi connectivity index (χ3n) is 4.98. The van der Waals surface area contributed by atoms with Crippen molar-refractivity contribution in [1.29, 1.82) is 0 Å². The van der Waals surface area contributed by atoms with Crippen LogP contribution in [0.3, 0.4) is 0 Å². The van der Waals surface area contributed by atoms with E-state index in [1.807, 2.05) is 6.92 Å². The number of carbonyl (C=O) groups is 1. The molecular formula is C19H27O5P. The summed E-state index contributed by atoms with van der Waals surface area (Å²) in [5, 5.41) is 9.81. The molecule has 1 fully saturated rings. The number of hydrogen-bond donors (Lipinski definition) is 2. The van der Waals surface area contributed by atoms with Gasteiger partial charge in [-0.25, -0.2) is 0 Å². The van der Waals surface area contributed by atoms with E-state index in [4.69, 9.17) is 4.74 Å². The molecule has 5 unspecified atom stereocenters. The van der Waals surface area contributed by atoms with Gasteiger partial charge in [-0.2, -0.15) is 0 Å². The van der Waals surface area contributed by atoms with Gasteiger partial charge in [-0.1, -0.05) is 43.3 Å². The van der Waals surface area contributed by atoms with E-state index in [0.29, 0.717) is 18.6 Å². The van der Waals surface area contributed by atoms with Crippen molar-refractivity contribution < 1.29 is 24.1 Å². The molecular weight excluding hydrogens is 339 g/mol. The molecule has 1 aliphatic heterocycles. The predicted molar refractivity (Wildman–Crippen MR) is 98.3 cm³/mol. The van der Waals surface area contributed by atoms with Crippen LogP contribution < -0.4 is 0 Å². The van der Waals surface area contributed by atoms with Crippen LogP contribution in [0, 0.1) is 0 Å². The van der Waals surface area contributed by atoms with E-state index in [0.717, 1.165) is 12.8 Å². The van der Waals surface area contributed by atoms with E-state index in [2.05, 4.69) is 6.58 Å². The number of rotatable bonds is 9. The molecule has 0 saturated carbocycles. The lowest BCUT2D eigenvalue weighted by Crippen LogP contribution is -2.34. The molecule has 0 bridgehead atoms. The van der Waals surface area contributed by atoms with Gasteiger partial charge >= 0.3 is 5.97 Å². The number of hydrogen-bond acceptors (Lipinski definition) is 3. The van der Waals surface area contributed by atoms with Crippen molar-refractivity contribution in [1.82, 2.24) is 0 Å². The molecule has 6 heteroatoms. The standard InChI is InChI=1S/C19H27O5P/c1-3-9-17(18(19(20)21)14-10-6-5-7-11-14)25(22,23)16(4-2)15-12-8-13-24-15/h3,5-7,10-11,15-18H,1,4,8-9,12-13H2,2H3,(H,20,21)(H,22,23). The Morgan fingerprint density at radius 2 is 2.12 bits per heavy atom. The molecule has 5 atom stereocenters. The van der Waals surface area contributed by atoms with Crippen molar-refractivity contribution in [3.05, 3.63) is 48.6 Å². The highest BCUT2D eigenvalue weighted by molar-refractivity contribution is 7.59. The van der Waals surface area contributed by atoms with E-state index in [1.165, 1.54) is 6.08 Å². The van der Waals surface area contributed by atoms with E-state index in [1.54, 1.807) is 30.3 Å². The summed E-state index contributed by atoms with van der Waals surface area (Å²) in [5.74, 6) is -2.14. The Morgan fingerprint density at radius 1 is 1.44 bits per heavy atom. The summed E-state index contributed by atoms with van der Waals surface area (Å²) in [6, 6.07) is 8.68. The van der Waals surface area contributed by atoms with E-state index in [9.17, 15) is 19.4 Å². The number of carboxylic acids is 1. The zero-order chi connectivity index (χ0) is 18.4. The average molecular weight is 366 g/mol. The average Bonchev–Trinajstić information content (AvgIpc) is 3.09. The molecule has 138 valence electrons. The van der Waals surface area contributed by atoms with Crippen LogP contribution in [0.4, 0.5) is 0 Å². The Morgan fingerprint density at radius 3 is 2.60 bits per heavy atom. The first-order chi connectivity index (χ1) is 11.9. The van der Waals surface area contributed by atoms with Crippen LogP contribution in [0.15, 0.2) is 43.0 Å². The Hall–Kier alpha value is -1.42. The Balaban J connectivity index is 2.43. The van der Waals surface area contributed by atoms with Crippen molar-refractivity contribution in [2.45, 2.75) is 55.9 Å². The van der Waals surface area contributed by atoms with Gasteiger partial charge in [-0.05, 0) is 31.2 Å². The number of aliphatic carboxylic acids is 1. The first-order valence-electron chi connectivity index (χ1n) is 8.75.